The topological polar surface area (TPSA) is 37.5 Å². The predicted octanol–water partition coefficient (Wildman–Crippen LogP) is 3.02. The number of fused-ring (bicyclic) bond motifs is 1. The van der Waals surface area contributed by atoms with Crippen LogP contribution in [0.2, 0.25) is 0 Å². The highest BCUT2D eigenvalue weighted by Gasteiger charge is 2.15. The van der Waals surface area contributed by atoms with Crippen molar-refractivity contribution in [3.05, 3.63) is 33.7 Å². The molecule has 0 saturated heterocycles. The number of halogens is 1. The molecule has 2 aromatic heterocycles. The fourth-order valence-corrected chi connectivity index (χ4v) is 2.56. The maximum Gasteiger partial charge on any atom is 0.151 e. The lowest BCUT2D eigenvalue weighted by molar-refractivity contribution is 0.274. The summed E-state index contributed by atoms with van der Waals surface area (Å²) in [5.41, 5.74) is 3.86. The molecule has 0 aromatic carbocycles. The minimum absolute atomic E-state index is 0.0184. The number of imidazole rings is 1. The molecule has 0 atom stereocenters. The predicted molar refractivity (Wildman–Crippen MR) is 67.6 cm³/mol. The molecule has 2 aromatic rings. The van der Waals surface area contributed by atoms with Crippen LogP contribution in [0.4, 0.5) is 0 Å². The number of pyridine rings is 1. The second-order valence-corrected chi connectivity index (χ2v) is 5.17. The van der Waals surface area contributed by atoms with Gasteiger partial charge in [0.15, 0.2) is 5.65 Å². The molecular formula is C12H15BrN2O. The van der Waals surface area contributed by atoms with Crippen molar-refractivity contribution in [3.63, 3.8) is 0 Å². The van der Waals surface area contributed by atoms with Crippen LogP contribution in [0.1, 0.15) is 36.7 Å². The fraction of sp³-hybridized carbons (Fsp3) is 0.417. The van der Waals surface area contributed by atoms with E-state index in [1.165, 1.54) is 0 Å². The van der Waals surface area contributed by atoms with Crippen LogP contribution in [0.25, 0.3) is 5.65 Å². The molecule has 3 nitrogen and oxygen atoms in total. The van der Waals surface area contributed by atoms with Crippen molar-refractivity contribution in [2.45, 2.75) is 33.3 Å². The van der Waals surface area contributed by atoms with Gasteiger partial charge in [-0.25, -0.2) is 4.98 Å². The van der Waals surface area contributed by atoms with Gasteiger partial charge < -0.3 is 9.51 Å². The number of aliphatic hydroxyl groups is 1. The van der Waals surface area contributed by atoms with Gasteiger partial charge in [-0.1, -0.05) is 13.8 Å². The molecule has 0 unspecified atom stereocenters. The molecule has 4 heteroatoms. The van der Waals surface area contributed by atoms with Crippen LogP contribution in [0, 0.1) is 6.92 Å². The second-order valence-electron chi connectivity index (χ2n) is 4.32. The number of aryl methyl sites for hydroxylation is 1. The summed E-state index contributed by atoms with van der Waals surface area (Å²) >= 11 is 3.51. The monoisotopic (exact) mass is 282 g/mol. The van der Waals surface area contributed by atoms with Gasteiger partial charge in [-0.2, -0.15) is 0 Å². The summed E-state index contributed by atoms with van der Waals surface area (Å²) in [5.74, 6) is 0.314. The molecule has 2 heterocycles. The van der Waals surface area contributed by atoms with Gasteiger partial charge in [0.2, 0.25) is 0 Å². The third kappa shape index (κ3) is 1.76. The molecule has 86 valence electrons. The third-order valence-corrected chi connectivity index (χ3v) is 3.22. The minimum atomic E-state index is 0.0184. The highest BCUT2D eigenvalue weighted by molar-refractivity contribution is 9.10. The van der Waals surface area contributed by atoms with Crippen molar-refractivity contribution >= 4 is 21.6 Å². The van der Waals surface area contributed by atoms with Crippen molar-refractivity contribution in [1.82, 2.24) is 9.38 Å². The molecule has 0 spiro atoms. The lowest BCUT2D eigenvalue weighted by Gasteiger charge is -2.04. The number of hydrogen-bond acceptors (Lipinski definition) is 2. The van der Waals surface area contributed by atoms with Gasteiger partial charge in [0.1, 0.15) is 0 Å². The van der Waals surface area contributed by atoms with E-state index >= 15 is 0 Å². The van der Waals surface area contributed by atoms with Crippen LogP contribution in [-0.2, 0) is 6.61 Å². The first-order valence-electron chi connectivity index (χ1n) is 5.32. The molecule has 0 aliphatic carbocycles. The lowest BCUT2D eigenvalue weighted by atomic mass is 10.1. The summed E-state index contributed by atoms with van der Waals surface area (Å²) < 4.78 is 2.93. The summed E-state index contributed by atoms with van der Waals surface area (Å²) in [7, 11) is 0. The maximum atomic E-state index is 9.46. The molecule has 1 N–H and O–H groups in total. The zero-order chi connectivity index (χ0) is 11.9. The second kappa shape index (κ2) is 4.18. The van der Waals surface area contributed by atoms with Crippen molar-refractivity contribution in [2.24, 2.45) is 0 Å². The Morgan fingerprint density at radius 3 is 2.75 bits per heavy atom. The fourth-order valence-electron chi connectivity index (χ4n) is 1.92. The van der Waals surface area contributed by atoms with Crippen LogP contribution < -0.4 is 0 Å². The smallest absolute Gasteiger partial charge is 0.151 e. The van der Waals surface area contributed by atoms with Crippen molar-refractivity contribution in [1.29, 1.82) is 0 Å². The Bertz CT molecular complexity index is 531. The van der Waals surface area contributed by atoms with E-state index in [1.807, 2.05) is 23.6 Å². The molecule has 0 aliphatic heterocycles. The van der Waals surface area contributed by atoms with Crippen molar-refractivity contribution in [3.8, 4) is 0 Å². The average Bonchev–Trinajstić information content (AvgIpc) is 2.56. The first kappa shape index (κ1) is 11.6. The van der Waals surface area contributed by atoms with E-state index < -0.39 is 0 Å². The molecular weight excluding hydrogens is 268 g/mol. The van der Waals surface area contributed by atoms with Gasteiger partial charge in [0.05, 0.1) is 22.5 Å². The Balaban J connectivity index is 2.82. The van der Waals surface area contributed by atoms with E-state index in [-0.39, 0.29) is 6.61 Å². The Morgan fingerprint density at radius 1 is 1.50 bits per heavy atom. The summed E-state index contributed by atoms with van der Waals surface area (Å²) in [6.45, 7) is 6.22. The highest BCUT2D eigenvalue weighted by atomic mass is 79.9. The van der Waals surface area contributed by atoms with Gasteiger partial charge in [0.25, 0.3) is 0 Å². The van der Waals surface area contributed by atoms with Crippen molar-refractivity contribution in [2.75, 3.05) is 0 Å². The van der Waals surface area contributed by atoms with E-state index in [0.29, 0.717) is 5.92 Å². The van der Waals surface area contributed by atoms with Gasteiger partial charge in [-0.15, -0.1) is 0 Å². The Kier molecular flexibility index (Phi) is 3.04. The van der Waals surface area contributed by atoms with E-state index in [0.717, 1.165) is 27.1 Å². The number of aliphatic hydroxyl groups excluding tert-OH is 1. The zero-order valence-electron chi connectivity index (χ0n) is 9.66. The molecule has 0 radical (unpaired) electrons. The van der Waals surface area contributed by atoms with Gasteiger partial charge >= 0.3 is 0 Å². The van der Waals surface area contributed by atoms with E-state index in [2.05, 4.69) is 34.8 Å². The summed E-state index contributed by atoms with van der Waals surface area (Å²) in [6, 6.07) is 2.04. The first-order valence-corrected chi connectivity index (χ1v) is 6.11. The summed E-state index contributed by atoms with van der Waals surface area (Å²) in [6.07, 6.45) is 2.00. The average molecular weight is 283 g/mol. The van der Waals surface area contributed by atoms with E-state index in [4.69, 9.17) is 0 Å². The Hall–Kier alpha value is -0.870. The van der Waals surface area contributed by atoms with Crippen LogP contribution in [-0.4, -0.2) is 14.5 Å². The molecule has 0 saturated carbocycles. The summed E-state index contributed by atoms with van der Waals surface area (Å²) in [5, 5.41) is 9.46. The van der Waals surface area contributed by atoms with Gasteiger partial charge in [-0.3, -0.25) is 0 Å². The molecule has 2 rings (SSSR count). The zero-order valence-corrected chi connectivity index (χ0v) is 11.2. The lowest BCUT2D eigenvalue weighted by Crippen LogP contribution is -1.98. The number of nitrogens with zero attached hydrogens (tertiary/aromatic N) is 2. The largest absolute Gasteiger partial charge is 0.390 e. The summed E-state index contributed by atoms with van der Waals surface area (Å²) in [4.78, 5) is 4.58. The van der Waals surface area contributed by atoms with Crippen molar-refractivity contribution < 1.29 is 5.11 Å². The maximum absolute atomic E-state index is 9.46. The number of aromatic nitrogens is 2. The van der Waals surface area contributed by atoms with E-state index in [9.17, 15) is 5.11 Å². The highest BCUT2D eigenvalue weighted by Crippen LogP contribution is 2.26. The van der Waals surface area contributed by atoms with Crippen LogP contribution >= 0.6 is 15.9 Å². The van der Waals surface area contributed by atoms with Crippen LogP contribution in [0.5, 0.6) is 0 Å². The molecule has 0 fully saturated rings. The first-order chi connectivity index (χ1) is 7.54. The van der Waals surface area contributed by atoms with E-state index in [1.54, 1.807) is 0 Å². The third-order valence-electron chi connectivity index (χ3n) is 2.64. The van der Waals surface area contributed by atoms with Gasteiger partial charge in [0, 0.05) is 6.20 Å². The molecule has 16 heavy (non-hydrogen) atoms. The Morgan fingerprint density at radius 2 is 2.19 bits per heavy atom. The molecule has 0 bridgehead atoms. The molecule has 0 amide bonds. The van der Waals surface area contributed by atoms with Crippen LogP contribution in [0.15, 0.2) is 16.7 Å². The molecule has 0 aliphatic rings. The normalized spacial score (nSPS) is 11.6. The standard InChI is InChI=1S/C12H15BrN2O/c1-7(2)11-10(6-16)15-5-8(3)4-9(13)12(15)14-11/h4-5,7,16H,6H2,1-3H3. The van der Waals surface area contributed by atoms with Crippen LogP contribution in [0.3, 0.4) is 0 Å². The number of rotatable bonds is 2. The SMILES string of the molecule is Cc1cc(Br)c2nc(C(C)C)c(CO)n2c1. The minimum Gasteiger partial charge on any atom is -0.390 e. The quantitative estimate of drug-likeness (QED) is 0.920. The Labute approximate surface area is 103 Å². The van der Waals surface area contributed by atoms with Gasteiger partial charge in [-0.05, 0) is 40.4 Å². The number of hydrogen-bond donors (Lipinski definition) is 1.